The Balaban J connectivity index is 1.49. The van der Waals surface area contributed by atoms with Crippen molar-refractivity contribution >= 4 is 17.6 Å². The maximum absolute atomic E-state index is 11.3. The molecule has 1 aromatic carbocycles. The highest BCUT2D eigenvalue weighted by Crippen LogP contribution is 2.24. The van der Waals surface area contributed by atoms with Crippen molar-refractivity contribution in [3.05, 3.63) is 28.8 Å². The molecule has 1 atom stereocenters. The zero-order chi connectivity index (χ0) is 19.7. The van der Waals surface area contributed by atoms with Crippen molar-refractivity contribution in [2.75, 3.05) is 32.8 Å². The Hall–Kier alpha value is -1.94. The first-order valence-electron chi connectivity index (χ1n) is 9.06. The number of hydrogen-bond acceptors (Lipinski definition) is 4. The summed E-state index contributed by atoms with van der Waals surface area (Å²) < 4.78 is 5.71. The molecule has 2 heterocycles. The van der Waals surface area contributed by atoms with Crippen LogP contribution in [-0.4, -0.2) is 60.5 Å². The smallest absolute Gasteiger partial charge is 0.315 e. The van der Waals surface area contributed by atoms with Crippen molar-refractivity contribution < 1.29 is 14.6 Å². The van der Waals surface area contributed by atoms with Gasteiger partial charge in [-0.25, -0.2) is 4.79 Å². The molecule has 0 radical (unpaired) electrons. The number of carbonyl (C=O) groups excluding carboxylic acids is 1. The van der Waals surface area contributed by atoms with E-state index in [4.69, 9.17) is 16.3 Å². The van der Waals surface area contributed by atoms with Gasteiger partial charge in [-0.05, 0) is 39.0 Å². The molecule has 2 aliphatic rings. The number of hydrogen-bond donors (Lipinski definition) is 3. The molecule has 146 valence electrons. The first-order chi connectivity index (χ1) is 12.6. The van der Waals surface area contributed by atoms with Gasteiger partial charge in [0.25, 0.3) is 0 Å². The lowest BCUT2D eigenvalue weighted by Gasteiger charge is -2.47. The van der Waals surface area contributed by atoms with Gasteiger partial charge in [-0.15, -0.1) is 0 Å². The lowest BCUT2D eigenvalue weighted by Crippen LogP contribution is -2.69. The van der Waals surface area contributed by atoms with Crippen LogP contribution in [0.5, 0.6) is 5.75 Å². The molecule has 0 aliphatic carbocycles. The van der Waals surface area contributed by atoms with Gasteiger partial charge in [0, 0.05) is 42.2 Å². The summed E-state index contributed by atoms with van der Waals surface area (Å²) in [7, 11) is 0. The van der Waals surface area contributed by atoms with Crippen molar-refractivity contribution in [3.63, 3.8) is 0 Å². The van der Waals surface area contributed by atoms with E-state index in [0.29, 0.717) is 23.9 Å². The molecule has 3 N–H and O–H groups in total. The highest BCUT2D eigenvalue weighted by atomic mass is 35.5. The van der Waals surface area contributed by atoms with E-state index in [2.05, 4.69) is 27.4 Å². The first-order valence-corrected chi connectivity index (χ1v) is 9.43. The van der Waals surface area contributed by atoms with E-state index in [9.17, 15) is 9.90 Å². The summed E-state index contributed by atoms with van der Waals surface area (Å²) in [4.78, 5) is 13.4. The van der Waals surface area contributed by atoms with Crippen molar-refractivity contribution in [1.29, 1.82) is 0 Å². The van der Waals surface area contributed by atoms with E-state index in [0.717, 1.165) is 18.7 Å². The van der Waals surface area contributed by atoms with Crippen LogP contribution in [-0.2, 0) is 0 Å². The van der Waals surface area contributed by atoms with Crippen LogP contribution in [0.15, 0.2) is 18.2 Å². The molecule has 6 nitrogen and oxygen atoms in total. The van der Waals surface area contributed by atoms with Crippen LogP contribution in [0, 0.1) is 17.3 Å². The van der Waals surface area contributed by atoms with E-state index in [1.165, 1.54) is 0 Å². The third-order valence-corrected chi connectivity index (χ3v) is 4.60. The van der Waals surface area contributed by atoms with Crippen LogP contribution in [0.1, 0.15) is 26.3 Å². The number of nitrogens with one attached hydrogen (secondary N) is 2. The predicted octanol–water partition coefficient (Wildman–Crippen LogP) is 1.84. The van der Waals surface area contributed by atoms with Crippen molar-refractivity contribution in [3.8, 4) is 17.6 Å². The van der Waals surface area contributed by atoms with Gasteiger partial charge in [0.1, 0.15) is 18.5 Å². The number of ether oxygens (including phenoxy) is 1. The zero-order valence-corrected chi connectivity index (χ0v) is 16.7. The third-order valence-electron chi connectivity index (χ3n) is 4.38. The predicted molar refractivity (Wildman–Crippen MR) is 105 cm³/mol. The number of rotatable bonds is 5. The standard InChI is InChI=1S/C20H26ClN3O3/c1-19(2,3)5-4-14-6-15(21)8-17(7-14)27-10-16(25)9-24-12-20(13-24)11-22-18(26)23-20/h6-8,16,25H,9-13H2,1-3H3,(H2,22,23,26). The van der Waals surface area contributed by atoms with Gasteiger partial charge in [-0.2, -0.15) is 0 Å². The summed E-state index contributed by atoms with van der Waals surface area (Å²) in [5, 5.41) is 16.5. The number of amides is 2. The van der Waals surface area contributed by atoms with Crippen molar-refractivity contribution in [2.24, 2.45) is 5.41 Å². The number of halogens is 1. The first kappa shape index (κ1) is 19.8. The number of nitrogens with zero attached hydrogens (tertiary/aromatic N) is 1. The highest BCUT2D eigenvalue weighted by Gasteiger charge is 2.47. The van der Waals surface area contributed by atoms with Crippen LogP contribution in [0.4, 0.5) is 4.79 Å². The summed E-state index contributed by atoms with van der Waals surface area (Å²) in [5.41, 5.74) is 0.518. The van der Waals surface area contributed by atoms with E-state index in [1.54, 1.807) is 12.1 Å². The Morgan fingerprint density at radius 1 is 1.37 bits per heavy atom. The summed E-state index contributed by atoms with van der Waals surface area (Å²) in [6.07, 6.45) is -0.629. The van der Waals surface area contributed by atoms with Gasteiger partial charge in [0.05, 0.1) is 5.54 Å². The van der Waals surface area contributed by atoms with Crippen LogP contribution in [0.2, 0.25) is 5.02 Å². The number of aliphatic hydroxyl groups excluding tert-OH is 1. The average Bonchev–Trinajstić information content (AvgIpc) is 2.92. The van der Waals surface area contributed by atoms with Gasteiger partial charge < -0.3 is 20.5 Å². The number of benzene rings is 1. The summed E-state index contributed by atoms with van der Waals surface area (Å²) in [6, 6.07) is 5.22. The fourth-order valence-corrected chi connectivity index (χ4v) is 3.45. The Morgan fingerprint density at radius 2 is 2.11 bits per heavy atom. The minimum atomic E-state index is -0.629. The molecule has 27 heavy (non-hydrogen) atoms. The largest absolute Gasteiger partial charge is 0.491 e. The molecule has 3 rings (SSSR count). The number of carbonyl (C=O) groups is 1. The summed E-state index contributed by atoms with van der Waals surface area (Å²) in [5.74, 6) is 6.87. The molecule has 2 aliphatic heterocycles. The Morgan fingerprint density at radius 3 is 2.74 bits per heavy atom. The second-order valence-corrected chi connectivity index (χ2v) is 8.83. The molecule has 1 spiro atoms. The van der Waals surface area contributed by atoms with E-state index >= 15 is 0 Å². The molecular formula is C20H26ClN3O3. The SMILES string of the molecule is CC(C)(C)C#Cc1cc(Cl)cc(OCC(O)CN2CC3(CNC(=O)N3)C2)c1. The summed E-state index contributed by atoms with van der Waals surface area (Å²) >= 11 is 6.15. The van der Waals surface area contributed by atoms with Gasteiger partial charge >= 0.3 is 6.03 Å². The van der Waals surface area contributed by atoms with Crippen molar-refractivity contribution in [1.82, 2.24) is 15.5 Å². The number of likely N-dealkylation sites (tertiary alicyclic amines) is 1. The molecule has 1 aromatic rings. The molecule has 2 saturated heterocycles. The molecule has 0 bridgehead atoms. The molecule has 2 amide bonds. The fraction of sp³-hybridized carbons (Fsp3) is 0.550. The normalized spacial score (nSPS) is 19.5. The van der Waals surface area contributed by atoms with Crippen LogP contribution in [0.25, 0.3) is 0 Å². The minimum absolute atomic E-state index is 0.0948. The second-order valence-electron chi connectivity index (χ2n) is 8.40. The fourth-order valence-electron chi connectivity index (χ4n) is 3.23. The maximum atomic E-state index is 11.3. The number of β-amino-alcohol motifs (C(OH)–C–C–N with tert-alkyl or cyclic N) is 1. The van der Waals surface area contributed by atoms with E-state index < -0.39 is 6.10 Å². The third kappa shape index (κ3) is 5.52. The molecule has 1 unspecified atom stereocenters. The zero-order valence-electron chi connectivity index (χ0n) is 15.9. The van der Waals surface area contributed by atoms with Gasteiger partial charge in [0.15, 0.2) is 0 Å². The Labute approximate surface area is 165 Å². The summed E-state index contributed by atoms with van der Waals surface area (Å²) in [6.45, 7) is 8.90. The van der Waals surface area contributed by atoms with Crippen LogP contribution < -0.4 is 15.4 Å². The topological polar surface area (TPSA) is 73.8 Å². The number of urea groups is 1. The lowest BCUT2D eigenvalue weighted by molar-refractivity contribution is 0.00541. The van der Waals surface area contributed by atoms with Crippen LogP contribution >= 0.6 is 11.6 Å². The van der Waals surface area contributed by atoms with E-state index in [1.807, 2.05) is 26.8 Å². The maximum Gasteiger partial charge on any atom is 0.315 e. The number of aliphatic hydroxyl groups is 1. The quantitative estimate of drug-likeness (QED) is 0.670. The molecule has 2 fully saturated rings. The Bertz CT molecular complexity index is 773. The monoisotopic (exact) mass is 391 g/mol. The molecule has 0 aromatic heterocycles. The average molecular weight is 392 g/mol. The minimum Gasteiger partial charge on any atom is -0.491 e. The van der Waals surface area contributed by atoms with Gasteiger partial charge in [0.2, 0.25) is 0 Å². The molecule has 7 heteroatoms. The Kier molecular flexibility index (Phi) is 5.57. The van der Waals surface area contributed by atoms with E-state index in [-0.39, 0.29) is 23.6 Å². The van der Waals surface area contributed by atoms with Gasteiger partial charge in [-0.3, -0.25) is 4.90 Å². The molecular weight excluding hydrogens is 366 g/mol. The highest BCUT2D eigenvalue weighted by molar-refractivity contribution is 6.30. The van der Waals surface area contributed by atoms with Crippen LogP contribution in [0.3, 0.4) is 0 Å². The van der Waals surface area contributed by atoms with Gasteiger partial charge in [-0.1, -0.05) is 23.4 Å². The molecule has 0 saturated carbocycles. The second kappa shape index (κ2) is 7.59. The lowest BCUT2D eigenvalue weighted by atomic mass is 9.91. The van der Waals surface area contributed by atoms with Crippen molar-refractivity contribution in [2.45, 2.75) is 32.4 Å².